The predicted octanol–water partition coefficient (Wildman–Crippen LogP) is 2.32. The van der Waals surface area contributed by atoms with Crippen molar-refractivity contribution in [3.05, 3.63) is 23.3 Å². The summed E-state index contributed by atoms with van der Waals surface area (Å²) in [6.45, 7) is 5.78. The van der Waals surface area contributed by atoms with Gasteiger partial charge in [-0.3, -0.25) is 4.79 Å². The molecule has 1 aliphatic rings. The van der Waals surface area contributed by atoms with Crippen LogP contribution < -0.4 is 9.47 Å². The van der Waals surface area contributed by atoms with Gasteiger partial charge in [0.2, 0.25) is 0 Å². The Bertz CT molecular complexity index is 515. The van der Waals surface area contributed by atoms with Gasteiger partial charge in [0.05, 0.1) is 13.0 Å². The van der Waals surface area contributed by atoms with Crippen LogP contribution in [0.25, 0.3) is 0 Å². The maximum absolute atomic E-state index is 10.6. The van der Waals surface area contributed by atoms with Crippen molar-refractivity contribution in [3.8, 4) is 11.5 Å². The molecule has 0 spiro atoms. The lowest BCUT2D eigenvalue weighted by atomic mass is 10.1. The Morgan fingerprint density at radius 3 is 2.95 bits per heavy atom. The number of nitrogens with zero attached hydrogens (tertiary/aromatic N) is 1. The van der Waals surface area contributed by atoms with E-state index in [1.54, 1.807) is 0 Å². The first-order chi connectivity index (χ1) is 9.99. The van der Waals surface area contributed by atoms with E-state index in [0.29, 0.717) is 19.7 Å². The molecule has 1 aromatic carbocycles. The van der Waals surface area contributed by atoms with Gasteiger partial charge < -0.3 is 19.5 Å². The molecule has 0 fully saturated rings. The molecule has 1 aliphatic heterocycles. The van der Waals surface area contributed by atoms with Gasteiger partial charge in [-0.2, -0.15) is 0 Å². The Kier molecular flexibility index (Phi) is 5.07. The van der Waals surface area contributed by atoms with Gasteiger partial charge in [-0.15, -0.1) is 0 Å². The minimum absolute atomic E-state index is 0.138. The first-order valence-corrected chi connectivity index (χ1v) is 7.35. The molecule has 116 valence electrons. The lowest BCUT2D eigenvalue weighted by Crippen LogP contribution is -2.21. The predicted molar refractivity (Wildman–Crippen MR) is 80.0 cm³/mol. The number of fused-ring (bicyclic) bond motifs is 1. The van der Waals surface area contributed by atoms with Crippen LogP contribution in [0.5, 0.6) is 11.5 Å². The Hall–Kier alpha value is -1.75. The van der Waals surface area contributed by atoms with Crippen molar-refractivity contribution < 1.29 is 19.4 Å². The van der Waals surface area contributed by atoms with Gasteiger partial charge in [0.15, 0.2) is 0 Å². The number of carbonyl (C=O) groups is 1. The second kappa shape index (κ2) is 6.80. The highest BCUT2D eigenvalue weighted by Crippen LogP contribution is 2.35. The molecule has 5 nitrogen and oxygen atoms in total. The second-order valence-electron chi connectivity index (χ2n) is 5.51. The van der Waals surface area contributed by atoms with Crippen LogP contribution in [0.3, 0.4) is 0 Å². The molecule has 2 rings (SSSR count). The minimum atomic E-state index is -0.780. The summed E-state index contributed by atoms with van der Waals surface area (Å²) in [5.41, 5.74) is 2.22. The third kappa shape index (κ3) is 4.11. The number of benzene rings is 1. The molecular formula is C16H23NO4. The van der Waals surface area contributed by atoms with Crippen LogP contribution in [-0.4, -0.2) is 42.3 Å². The van der Waals surface area contributed by atoms with Gasteiger partial charge in [-0.05, 0) is 33.0 Å². The summed E-state index contributed by atoms with van der Waals surface area (Å²) in [6, 6.07) is 4.09. The van der Waals surface area contributed by atoms with E-state index in [1.807, 2.05) is 24.9 Å². The monoisotopic (exact) mass is 293 g/mol. The van der Waals surface area contributed by atoms with Crippen molar-refractivity contribution in [2.24, 2.45) is 0 Å². The van der Waals surface area contributed by atoms with E-state index < -0.39 is 5.97 Å². The van der Waals surface area contributed by atoms with E-state index in [9.17, 15) is 4.79 Å². The zero-order valence-corrected chi connectivity index (χ0v) is 12.9. The maximum Gasteiger partial charge on any atom is 0.304 e. The van der Waals surface area contributed by atoms with Gasteiger partial charge in [0.1, 0.15) is 17.6 Å². The van der Waals surface area contributed by atoms with Crippen LogP contribution in [-0.2, 0) is 17.8 Å². The van der Waals surface area contributed by atoms with E-state index in [-0.39, 0.29) is 12.5 Å². The molecule has 0 aromatic heterocycles. The average Bonchev–Trinajstić information content (AvgIpc) is 2.76. The van der Waals surface area contributed by atoms with E-state index in [4.69, 9.17) is 14.6 Å². The smallest absolute Gasteiger partial charge is 0.304 e. The van der Waals surface area contributed by atoms with Crippen molar-refractivity contribution in [3.63, 3.8) is 0 Å². The molecule has 0 saturated heterocycles. The molecule has 0 aliphatic carbocycles. The summed E-state index contributed by atoms with van der Waals surface area (Å²) in [5, 5.41) is 8.75. The Morgan fingerprint density at radius 2 is 2.29 bits per heavy atom. The highest BCUT2D eigenvalue weighted by atomic mass is 16.5. The van der Waals surface area contributed by atoms with Gasteiger partial charge in [0, 0.05) is 30.6 Å². The zero-order chi connectivity index (χ0) is 15.4. The molecule has 1 atom stereocenters. The number of carboxylic acids is 1. The number of ether oxygens (including phenoxy) is 2. The summed E-state index contributed by atoms with van der Waals surface area (Å²) < 4.78 is 11.5. The SMILES string of the molecule is CCOc1cc2c(cc1CN(C)CCC(=O)O)O[C@@H](C)C2. The lowest BCUT2D eigenvalue weighted by Gasteiger charge is -2.19. The molecule has 0 saturated carbocycles. The second-order valence-corrected chi connectivity index (χ2v) is 5.51. The summed E-state index contributed by atoms with van der Waals surface area (Å²) in [6.07, 6.45) is 1.25. The van der Waals surface area contributed by atoms with E-state index in [0.717, 1.165) is 23.5 Å². The van der Waals surface area contributed by atoms with Gasteiger partial charge in [-0.1, -0.05) is 0 Å². The first-order valence-electron chi connectivity index (χ1n) is 7.35. The van der Waals surface area contributed by atoms with E-state index >= 15 is 0 Å². The van der Waals surface area contributed by atoms with Crippen LogP contribution in [0, 0.1) is 0 Å². The number of hydrogen-bond donors (Lipinski definition) is 1. The Morgan fingerprint density at radius 1 is 1.52 bits per heavy atom. The van der Waals surface area contributed by atoms with Crippen molar-refractivity contribution in [2.45, 2.75) is 39.3 Å². The molecule has 0 amide bonds. The molecule has 1 N–H and O–H groups in total. The third-order valence-electron chi connectivity index (χ3n) is 3.53. The quantitative estimate of drug-likeness (QED) is 0.836. The normalized spacial score (nSPS) is 16.7. The molecule has 1 aromatic rings. The fraction of sp³-hybridized carbons (Fsp3) is 0.562. The molecule has 5 heteroatoms. The summed E-state index contributed by atoms with van der Waals surface area (Å²) >= 11 is 0. The Labute approximate surface area is 125 Å². The van der Waals surface area contributed by atoms with Crippen molar-refractivity contribution in [2.75, 3.05) is 20.2 Å². The largest absolute Gasteiger partial charge is 0.494 e. The minimum Gasteiger partial charge on any atom is -0.494 e. The average molecular weight is 293 g/mol. The summed E-state index contributed by atoms with van der Waals surface area (Å²) in [4.78, 5) is 12.6. The maximum atomic E-state index is 10.6. The van der Waals surface area contributed by atoms with Crippen molar-refractivity contribution in [1.82, 2.24) is 4.90 Å². The number of rotatable bonds is 7. The van der Waals surface area contributed by atoms with Gasteiger partial charge >= 0.3 is 5.97 Å². The molecule has 0 unspecified atom stereocenters. The summed E-state index contributed by atoms with van der Waals surface area (Å²) in [7, 11) is 1.91. The fourth-order valence-corrected chi connectivity index (χ4v) is 2.55. The van der Waals surface area contributed by atoms with Crippen LogP contribution >= 0.6 is 0 Å². The molecule has 0 bridgehead atoms. The van der Waals surface area contributed by atoms with Crippen LogP contribution in [0.15, 0.2) is 12.1 Å². The number of carboxylic acid groups (broad SMARTS) is 1. The highest BCUT2D eigenvalue weighted by molar-refractivity contribution is 5.66. The van der Waals surface area contributed by atoms with Crippen molar-refractivity contribution in [1.29, 1.82) is 0 Å². The van der Waals surface area contributed by atoms with Crippen LogP contribution in [0.1, 0.15) is 31.4 Å². The zero-order valence-electron chi connectivity index (χ0n) is 12.9. The van der Waals surface area contributed by atoms with Crippen molar-refractivity contribution >= 4 is 5.97 Å². The van der Waals surface area contributed by atoms with Gasteiger partial charge in [0.25, 0.3) is 0 Å². The number of aliphatic carboxylic acids is 1. The topological polar surface area (TPSA) is 59.0 Å². The van der Waals surface area contributed by atoms with Crippen LogP contribution in [0.4, 0.5) is 0 Å². The molecule has 1 heterocycles. The standard InChI is InChI=1S/C16H23NO4/c1-4-20-14-8-12-7-11(2)21-15(12)9-13(14)10-17(3)6-5-16(18)19/h8-9,11H,4-7,10H2,1-3H3,(H,18,19)/t11-/m0/s1. The Balaban J connectivity index is 2.13. The first kappa shape index (κ1) is 15.6. The highest BCUT2D eigenvalue weighted by Gasteiger charge is 2.22. The van der Waals surface area contributed by atoms with E-state index in [1.165, 1.54) is 5.56 Å². The molecular weight excluding hydrogens is 270 g/mol. The molecule has 21 heavy (non-hydrogen) atoms. The summed E-state index contributed by atoms with van der Waals surface area (Å²) in [5.74, 6) is 1.02. The van der Waals surface area contributed by atoms with Gasteiger partial charge in [-0.25, -0.2) is 0 Å². The fourth-order valence-electron chi connectivity index (χ4n) is 2.55. The lowest BCUT2D eigenvalue weighted by molar-refractivity contribution is -0.137. The molecule has 0 radical (unpaired) electrons. The van der Waals surface area contributed by atoms with Crippen LogP contribution in [0.2, 0.25) is 0 Å². The third-order valence-corrected chi connectivity index (χ3v) is 3.53. The number of hydrogen-bond acceptors (Lipinski definition) is 4. The van der Waals surface area contributed by atoms with E-state index in [2.05, 4.69) is 13.0 Å².